The molecule has 0 unspecified atom stereocenters. The molecule has 17 heteroatoms. The number of nitrogens with two attached hydrogens (primary N) is 2. The number of allylic oxidation sites excluding steroid dienone is 2. The normalized spacial score (nSPS) is 15.2. The van der Waals surface area contributed by atoms with Gasteiger partial charge in [-0.1, -0.05) is 30.2 Å². The highest BCUT2D eigenvalue weighted by Crippen LogP contribution is 2.51. The number of ether oxygens (including phenoxy) is 1. The van der Waals surface area contributed by atoms with Gasteiger partial charge >= 0.3 is 6.01 Å². The number of hydrogen-bond donors (Lipinski definition) is 2. The molecule has 4 N–H and O–H groups in total. The third-order valence-corrected chi connectivity index (χ3v) is 14.6. The summed E-state index contributed by atoms with van der Waals surface area (Å²) in [5.74, 6) is 5.71. The van der Waals surface area contributed by atoms with Crippen LogP contribution in [0.25, 0.3) is 72.3 Å². The van der Waals surface area contributed by atoms with Gasteiger partial charge in [-0.3, -0.25) is 4.79 Å². The molecule has 1 spiro atoms. The van der Waals surface area contributed by atoms with Crippen molar-refractivity contribution < 1.29 is 13.9 Å². The van der Waals surface area contributed by atoms with Crippen molar-refractivity contribution in [2.45, 2.75) is 52.5 Å². The Morgan fingerprint density at radius 3 is 2.34 bits per heavy atom. The lowest BCUT2D eigenvalue weighted by Crippen LogP contribution is -2.30. The number of anilines is 2. The van der Waals surface area contributed by atoms with Crippen LogP contribution in [-0.4, -0.2) is 64.3 Å². The number of rotatable bonds is 9. The molecule has 10 aromatic rings. The zero-order valence-corrected chi connectivity index (χ0v) is 40.8. The molecule has 0 amide bonds. The molecule has 12 rings (SSSR count). The second kappa shape index (κ2) is 17.3. The number of aryl methyl sites for hydroxylation is 6. The second-order valence-electron chi connectivity index (χ2n) is 19.0. The first-order valence-corrected chi connectivity index (χ1v) is 23.9. The number of carbonyl (C=O) groups excluding carboxylic acids is 1. The third-order valence-electron chi connectivity index (χ3n) is 14.6. The zero-order valence-electron chi connectivity index (χ0n) is 40.8. The van der Waals surface area contributed by atoms with Crippen LogP contribution in [0.5, 0.6) is 11.8 Å². The molecule has 0 bridgehead atoms. The van der Waals surface area contributed by atoms with Crippen molar-refractivity contribution in [1.29, 1.82) is 0 Å². The molecule has 74 heavy (non-hydrogen) atoms. The first kappa shape index (κ1) is 45.5. The fraction of sp³-hybridized carbons (Fsp3) is 0.193. The lowest BCUT2D eigenvalue weighted by Gasteiger charge is -2.31. The van der Waals surface area contributed by atoms with Gasteiger partial charge in [0.25, 0.3) is 0 Å². The molecule has 362 valence electrons. The van der Waals surface area contributed by atoms with Crippen molar-refractivity contribution in [3.8, 4) is 70.1 Å². The zero-order chi connectivity index (χ0) is 51.2. The third kappa shape index (κ3) is 7.23. The fourth-order valence-corrected chi connectivity index (χ4v) is 11.0. The number of nitrogen functional groups attached to an aromatic ring is 2. The quantitative estimate of drug-likeness (QED) is 0.130. The van der Waals surface area contributed by atoms with E-state index in [0.29, 0.717) is 101 Å². The van der Waals surface area contributed by atoms with E-state index in [-0.39, 0.29) is 23.4 Å². The first-order valence-electron chi connectivity index (χ1n) is 23.9. The summed E-state index contributed by atoms with van der Waals surface area (Å²) in [5.41, 5.74) is 26.3. The maximum absolute atomic E-state index is 16.5. The predicted molar refractivity (Wildman–Crippen MR) is 281 cm³/mol. The molecule has 8 heterocycles. The Kier molecular flexibility index (Phi) is 10.6. The number of ketones is 1. The molecular formula is C57H45FN14O2. The Labute approximate surface area is 423 Å². The average Bonchev–Trinajstić information content (AvgIpc) is 4.10. The molecule has 8 aromatic heterocycles. The molecule has 1 atom stereocenters. The lowest BCUT2D eigenvalue weighted by molar-refractivity contribution is 0.0800. The van der Waals surface area contributed by atoms with Gasteiger partial charge in [0.1, 0.15) is 47.0 Å². The van der Waals surface area contributed by atoms with E-state index < -0.39 is 11.2 Å². The summed E-state index contributed by atoms with van der Waals surface area (Å²) in [7, 11) is 3.74. The van der Waals surface area contributed by atoms with Crippen molar-refractivity contribution in [3.05, 3.63) is 143 Å². The molecule has 16 nitrogen and oxygen atoms in total. The van der Waals surface area contributed by atoms with Crippen LogP contribution in [0.15, 0.2) is 91.8 Å². The number of imidazole rings is 1. The Bertz CT molecular complexity index is 4170. The summed E-state index contributed by atoms with van der Waals surface area (Å²) in [6.45, 7) is 4.29. The van der Waals surface area contributed by atoms with Crippen molar-refractivity contribution in [2.75, 3.05) is 11.5 Å². The fourth-order valence-electron chi connectivity index (χ4n) is 11.0. The maximum atomic E-state index is 16.5. The Morgan fingerprint density at radius 2 is 1.59 bits per heavy atom. The number of halogens is 1. The first-order chi connectivity index (χ1) is 35.8. The smallest absolute Gasteiger partial charge is 0.322 e. The molecule has 0 aliphatic heterocycles. The van der Waals surface area contributed by atoms with Gasteiger partial charge < -0.3 is 29.9 Å². The van der Waals surface area contributed by atoms with Crippen LogP contribution in [-0.2, 0) is 33.5 Å². The van der Waals surface area contributed by atoms with E-state index >= 15 is 4.39 Å². The van der Waals surface area contributed by atoms with Crippen LogP contribution in [0, 0.1) is 49.8 Å². The lowest BCUT2D eigenvalue weighted by atomic mass is 9.71. The summed E-state index contributed by atoms with van der Waals surface area (Å²) in [6.07, 6.45) is 22.8. The Balaban J connectivity index is 0.874. The summed E-state index contributed by atoms with van der Waals surface area (Å²) in [6, 6.07) is 18.1. The number of terminal acetylenes is 2. The van der Waals surface area contributed by atoms with Gasteiger partial charge in [0.2, 0.25) is 0 Å². The standard InChI is InChI=1S/C57H45FN14O2/c1-7-36-23-30(3)38(27-62-36)50-44(32-15-19-57(20-16-32)26-35-10-9-31(4)67-48(35)51(57)73)47-53(60)64-29-66-55(47)72(50)22-18-37-17-21-61-56(68-37)74-42-14-12-33(24-39(42)58)45-46-52(59)63-28-65-54(46)71(6)49(45)34-11-13-40-41(25-34)70(5)43(8-2)69-40/h1-2,9-15,17,21,23-25,27-29H,16,18-20,22,26H2,3-6H3,(H2,59,63,65)(H2,60,64,66)/t57-/m1/s1. The van der Waals surface area contributed by atoms with Crippen molar-refractivity contribution >= 4 is 56.1 Å². The van der Waals surface area contributed by atoms with Gasteiger partial charge in [0.05, 0.1) is 33.2 Å². The van der Waals surface area contributed by atoms with Gasteiger partial charge in [-0.2, -0.15) is 4.98 Å². The molecule has 0 saturated carbocycles. The van der Waals surface area contributed by atoms with Crippen LogP contribution in [0.1, 0.15) is 69.3 Å². The average molecular weight is 977 g/mol. The SMILES string of the molecule is C#Cc1cc(C)c(-c2c(C3=CC[C@@]4(CC3)Cc3ccc(C)nc3C4=O)c3c(N)ncnc3n2CCc2ccnc(Oc3ccc(-c4c(-c5ccc6nc(C#C)n(C)c6c5)n(C)c5ncnc(N)c45)cc3F)n2)cn1. The molecule has 0 fully saturated rings. The molecule has 0 radical (unpaired) electrons. The number of hydrogen-bond acceptors (Lipinski definition) is 13. The highest BCUT2D eigenvalue weighted by molar-refractivity contribution is 6.09. The van der Waals surface area contributed by atoms with Crippen LogP contribution < -0.4 is 16.2 Å². The van der Waals surface area contributed by atoms with Crippen molar-refractivity contribution in [2.24, 2.45) is 19.5 Å². The highest BCUT2D eigenvalue weighted by atomic mass is 19.1. The van der Waals surface area contributed by atoms with E-state index in [9.17, 15) is 4.79 Å². The summed E-state index contributed by atoms with van der Waals surface area (Å²) < 4.78 is 28.5. The maximum Gasteiger partial charge on any atom is 0.322 e. The number of fused-ring (bicyclic) bond motifs is 4. The highest BCUT2D eigenvalue weighted by Gasteiger charge is 2.47. The van der Waals surface area contributed by atoms with Gasteiger partial charge in [0.15, 0.2) is 23.2 Å². The molecule has 0 saturated heterocycles. The largest absolute Gasteiger partial charge is 0.421 e. The van der Waals surface area contributed by atoms with Crippen LogP contribution in [0.3, 0.4) is 0 Å². The number of pyridine rings is 2. The summed E-state index contributed by atoms with van der Waals surface area (Å²) in [5, 5.41) is 1.27. The molecular weight excluding hydrogens is 932 g/mol. The van der Waals surface area contributed by atoms with E-state index in [1.165, 1.54) is 18.7 Å². The van der Waals surface area contributed by atoms with E-state index in [2.05, 4.69) is 57.4 Å². The number of nitrogens with zero attached hydrogens (tertiary/aromatic N) is 12. The second-order valence-corrected chi connectivity index (χ2v) is 19.0. The van der Waals surface area contributed by atoms with Crippen LogP contribution in [0.4, 0.5) is 16.0 Å². The predicted octanol–water partition coefficient (Wildman–Crippen LogP) is 9.09. The van der Waals surface area contributed by atoms with E-state index in [4.69, 9.17) is 39.0 Å². The van der Waals surface area contributed by atoms with E-state index in [0.717, 1.165) is 61.5 Å². The van der Waals surface area contributed by atoms with Gasteiger partial charge in [-0.15, -0.1) is 12.8 Å². The minimum atomic E-state index is -0.653. The van der Waals surface area contributed by atoms with E-state index in [1.807, 2.05) is 73.5 Å². The molecule has 2 aliphatic carbocycles. The Morgan fingerprint density at radius 1 is 0.811 bits per heavy atom. The number of carbonyl (C=O) groups is 1. The molecule has 2 aromatic carbocycles. The summed E-state index contributed by atoms with van der Waals surface area (Å²) >= 11 is 0. The molecule has 2 aliphatic rings. The van der Waals surface area contributed by atoms with Gasteiger partial charge in [0, 0.05) is 78.5 Å². The number of Topliss-reactive ketones (excluding diaryl/α,β-unsaturated/α-hetero) is 1. The topological polar surface area (TPSA) is 209 Å². The van der Waals surface area contributed by atoms with Crippen molar-refractivity contribution in [3.63, 3.8) is 0 Å². The van der Waals surface area contributed by atoms with Crippen LogP contribution >= 0.6 is 0 Å². The minimum absolute atomic E-state index is 0.0431. The monoisotopic (exact) mass is 976 g/mol. The number of benzene rings is 2. The van der Waals surface area contributed by atoms with Gasteiger partial charge in [-0.25, -0.2) is 44.3 Å². The van der Waals surface area contributed by atoms with Gasteiger partial charge in [-0.05, 0) is 110 Å². The summed E-state index contributed by atoms with van der Waals surface area (Å²) in [4.78, 5) is 55.1. The van der Waals surface area contributed by atoms with Crippen molar-refractivity contribution in [1.82, 2.24) is 58.6 Å². The van der Waals surface area contributed by atoms with Crippen LogP contribution in [0.2, 0.25) is 0 Å². The Hall–Kier alpha value is -9.61. The number of aromatic nitrogens is 12. The minimum Gasteiger partial charge on any atom is -0.421 e. The van der Waals surface area contributed by atoms with E-state index in [1.54, 1.807) is 30.6 Å².